The topological polar surface area (TPSA) is 24.7 Å². The fourth-order valence-corrected chi connectivity index (χ4v) is 1.15. The number of rotatable bonds is 2. The van der Waals surface area contributed by atoms with Crippen LogP contribution in [0, 0.1) is 0 Å². The number of aliphatic imine (C=N–C) groups is 2. The third-order valence-corrected chi connectivity index (χ3v) is 1.58. The Hall–Kier alpha value is -0.581. The summed E-state index contributed by atoms with van der Waals surface area (Å²) in [6, 6.07) is 7.45. The Kier molecular flexibility index (Phi) is 4.07. The van der Waals surface area contributed by atoms with E-state index in [2.05, 4.69) is 50.6 Å². The summed E-state index contributed by atoms with van der Waals surface area (Å²) in [5.41, 5.74) is 1.71. The van der Waals surface area contributed by atoms with Gasteiger partial charge in [-0.15, -0.1) is 0 Å². The molecule has 0 spiro atoms. The Morgan fingerprint density at radius 3 is 1.42 bits per heavy atom. The predicted octanol–water partition coefficient (Wildman–Crippen LogP) is 1.10. The zero-order valence-electron chi connectivity index (χ0n) is 6.02. The van der Waals surface area contributed by atoms with Gasteiger partial charge in [0.15, 0.2) is 0 Å². The van der Waals surface area contributed by atoms with E-state index in [4.69, 9.17) is 0 Å². The average Bonchev–Trinajstić information content (AvgIpc) is 2.09. The predicted molar refractivity (Wildman–Crippen MR) is 52.1 cm³/mol. The van der Waals surface area contributed by atoms with Crippen LogP contribution in [0.5, 0.6) is 0 Å². The third-order valence-electron chi connectivity index (χ3n) is 1.20. The first-order valence-electron chi connectivity index (χ1n) is 3.12. The Labute approximate surface area is 86.2 Å². The van der Waals surface area contributed by atoms with Gasteiger partial charge in [0.2, 0.25) is 0 Å². The molecule has 0 N–H and O–H groups in total. The van der Waals surface area contributed by atoms with Crippen LogP contribution in [0.4, 0.5) is 11.4 Å². The van der Waals surface area contributed by atoms with Crippen molar-refractivity contribution in [3.05, 3.63) is 24.3 Å². The summed E-state index contributed by atoms with van der Waals surface area (Å²) in [4.78, 5) is 7.86. The van der Waals surface area contributed by atoms with Crippen molar-refractivity contribution in [2.24, 2.45) is 9.98 Å². The standard InChI is InChI=1S/C8H4N2Se2/c11-5-9-7-1-2-8(4-3-7)10-6-12/h1-4H. The van der Waals surface area contributed by atoms with Gasteiger partial charge in [-0.3, -0.25) is 0 Å². The van der Waals surface area contributed by atoms with Crippen molar-refractivity contribution in [2.75, 3.05) is 0 Å². The van der Waals surface area contributed by atoms with Crippen LogP contribution in [-0.4, -0.2) is 40.6 Å². The van der Waals surface area contributed by atoms with Crippen LogP contribution in [0.25, 0.3) is 0 Å². The SMILES string of the molecule is [Se]=C=Nc1ccc(N=C=[Se])cc1. The first kappa shape index (κ1) is 9.51. The Bertz CT molecular complexity index is 320. The second kappa shape index (κ2) is 5.13. The molecule has 1 aromatic rings. The van der Waals surface area contributed by atoms with Crippen LogP contribution in [0.2, 0.25) is 0 Å². The number of benzene rings is 1. The normalized spacial score (nSPS) is 8.00. The summed E-state index contributed by atoms with van der Waals surface area (Å²) in [5, 5.41) is 0. The van der Waals surface area contributed by atoms with Gasteiger partial charge in [-0.1, -0.05) is 0 Å². The molecule has 0 aromatic heterocycles. The van der Waals surface area contributed by atoms with Gasteiger partial charge in [0.25, 0.3) is 0 Å². The van der Waals surface area contributed by atoms with E-state index in [1.54, 1.807) is 0 Å². The third kappa shape index (κ3) is 2.81. The summed E-state index contributed by atoms with van der Waals surface area (Å²) >= 11 is 5.15. The molecular formula is C8H4N2Se2. The molecular weight excluding hydrogens is 282 g/mol. The zero-order chi connectivity index (χ0) is 8.81. The molecule has 0 bridgehead atoms. The minimum absolute atomic E-state index is 0.854. The van der Waals surface area contributed by atoms with E-state index in [-0.39, 0.29) is 0 Å². The fraction of sp³-hybridized carbons (Fsp3) is 0. The molecule has 4 heteroatoms. The molecule has 0 amide bonds. The van der Waals surface area contributed by atoms with Crippen molar-refractivity contribution in [1.82, 2.24) is 0 Å². The summed E-state index contributed by atoms with van der Waals surface area (Å²) in [5.74, 6) is 0. The van der Waals surface area contributed by atoms with Crippen LogP contribution in [-0.2, 0) is 0 Å². The van der Waals surface area contributed by atoms with E-state index in [0.717, 1.165) is 11.4 Å². The molecule has 12 heavy (non-hydrogen) atoms. The zero-order valence-corrected chi connectivity index (χ0v) is 9.45. The van der Waals surface area contributed by atoms with Gasteiger partial charge in [-0.05, 0) is 0 Å². The Balaban J connectivity index is 2.99. The average molecular weight is 286 g/mol. The number of hydrogen-bond donors (Lipinski definition) is 0. The molecule has 58 valence electrons. The summed E-state index contributed by atoms with van der Waals surface area (Å²) < 4.78 is 5.17. The Morgan fingerprint density at radius 2 is 1.17 bits per heavy atom. The number of hydrogen-bond acceptors (Lipinski definition) is 2. The molecule has 1 aromatic carbocycles. The van der Waals surface area contributed by atoms with Gasteiger partial charge in [0.05, 0.1) is 0 Å². The van der Waals surface area contributed by atoms with Gasteiger partial charge in [0, 0.05) is 0 Å². The van der Waals surface area contributed by atoms with Crippen molar-refractivity contribution in [2.45, 2.75) is 0 Å². The van der Waals surface area contributed by atoms with Crippen molar-refractivity contribution in [3.8, 4) is 0 Å². The second-order valence-corrected chi connectivity index (χ2v) is 2.69. The molecule has 0 aliphatic heterocycles. The van der Waals surface area contributed by atoms with Crippen molar-refractivity contribution >= 4 is 52.0 Å². The maximum atomic E-state index is 3.93. The molecule has 0 atom stereocenters. The Morgan fingerprint density at radius 1 is 0.833 bits per heavy atom. The molecule has 0 heterocycles. The first-order chi connectivity index (χ1) is 5.86. The number of nitrogens with zero attached hydrogens (tertiary/aromatic N) is 2. The van der Waals surface area contributed by atoms with Crippen LogP contribution < -0.4 is 0 Å². The molecule has 0 saturated heterocycles. The van der Waals surface area contributed by atoms with Crippen molar-refractivity contribution in [1.29, 1.82) is 0 Å². The van der Waals surface area contributed by atoms with Crippen molar-refractivity contribution in [3.63, 3.8) is 0 Å². The van der Waals surface area contributed by atoms with Gasteiger partial charge in [-0.25, -0.2) is 0 Å². The molecule has 0 aliphatic carbocycles. The van der Waals surface area contributed by atoms with E-state index in [1.165, 1.54) is 0 Å². The van der Waals surface area contributed by atoms with E-state index < -0.39 is 0 Å². The van der Waals surface area contributed by atoms with E-state index in [1.807, 2.05) is 24.3 Å². The maximum absolute atomic E-state index is 3.93. The van der Waals surface area contributed by atoms with Gasteiger partial charge >= 0.3 is 86.2 Å². The molecule has 0 aliphatic rings. The van der Waals surface area contributed by atoms with Gasteiger partial charge in [0.1, 0.15) is 0 Å². The van der Waals surface area contributed by atoms with Crippen LogP contribution in [0.15, 0.2) is 34.3 Å². The molecule has 0 unspecified atom stereocenters. The molecule has 0 fully saturated rings. The summed E-state index contributed by atoms with van der Waals surface area (Å²) in [6.07, 6.45) is 0. The van der Waals surface area contributed by atoms with Gasteiger partial charge < -0.3 is 0 Å². The second-order valence-electron chi connectivity index (χ2n) is 1.92. The minimum atomic E-state index is 0.854. The fourth-order valence-electron chi connectivity index (χ4n) is 0.707. The van der Waals surface area contributed by atoms with Crippen LogP contribution >= 0.6 is 0 Å². The first-order valence-corrected chi connectivity index (χ1v) is 4.84. The summed E-state index contributed by atoms with van der Waals surface area (Å²) in [6.45, 7) is 0. The van der Waals surface area contributed by atoms with E-state index >= 15 is 0 Å². The molecule has 0 radical (unpaired) electrons. The van der Waals surface area contributed by atoms with Crippen LogP contribution in [0.3, 0.4) is 0 Å². The molecule has 1 rings (SSSR count). The van der Waals surface area contributed by atoms with E-state index in [0.29, 0.717) is 0 Å². The molecule has 2 nitrogen and oxygen atoms in total. The van der Waals surface area contributed by atoms with Gasteiger partial charge in [-0.2, -0.15) is 0 Å². The van der Waals surface area contributed by atoms with E-state index in [9.17, 15) is 0 Å². The van der Waals surface area contributed by atoms with Crippen molar-refractivity contribution < 1.29 is 0 Å². The monoisotopic (exact) mass is 288 g/mol. The van der Waals surface area contributed by atoms with Crippen LogP contribution in [0.1, 0.15) is 0 Å². The summed E-state index contributed by atoms with van der Waals surface area (Å²) in [7, 11) is 0. The quantitative estimate of drug-likeness (QED) is 0.574. The molecule has 0 saturated carbocycles.